The average Bonchev–Trinajstić information content (AvgIpc) is 3.37. The van der Waals surface area contributed by atoms with E-state index in [0.717, 1.165) is 30.8 Å². The van der Waals surface area contributed by atoms with Crippen molar-refractivity contribution in [1.29, 1.82) is 0 Å². The largest absolute Gasteiger partial charge is 0.491 e. The highest BCUT2D eigenvalue weighted by molar-refractivity contribution is 6.03. The molecular weight excluding hydrogens is 584 g/mol. The van der Waals surface area contributed by atoms with Gasteiger partial charge in [0.2, 0.25) is 0 Å². The highest BCUT2D eigenvalue weighted by atomic mass is 16.6. The lowest BCUT2D eigenvalue weighted by molar-refractivity contribution is -0.150. The number of hydrogen-bond donors (Lipinski definition) is 0. The zero-order chi connectivity index (χ0) is 33.3. The van der Waals surface area contributed by atoms with E-state index in [9.17, 15) is 19.2 Å². The van der Waals surface area contributed by atoms with Crippen molar-refractivity contribution in [1.82, 2.24) is 0 Å². The Labute approximate surface area is 273 Å². The number of rotatable bonds is 3. The SMILES string of the molecule is C=C(C)[C@@H]1C/C=C2/C(=O)O[C@@H](C/C(C)=C/C(=O)[C@H]3C[C@]4(CC[C@@H]5[C@@H]4CC(C)(C)C[C@H]4C[C@]45C)OC(=C3C(=O)OC)C1)[C@@H]2OC(C)=O. The molecule has 250 valence electrons. The molecule has 46 heavy (non-hydrogen) atoms. The normalized spacial score (nSPS) is 42.1. The molecule has 6 aliphatic rings. The summed E-state index contributed by atoms with van der Waals surface area (Å²) in [4.78, 5) is 53.1. The minimum atomic E-state index is -0.873. The summed E-state index contributed by atoms with van der Waals surface area (Å²) in [6.07, 6.45) is 8.48. The zero-order valence-corrected chi connectivity index (χ0v) is 28.5. The first-order valence-electron chi connectivity index (χ1n) is 17.0. The van der Waals surface area contributed by atoms with Crippen molar-refractivity contribution >= 4 is 23.7 Å². The summed E-state index contributed by atoms with van der Waals surface area (Å²) in [6, 6.07) is 0. The molecule has 0 aromatic heterocycles. The van der Waals surface area contributed by atoms with E-state index in [4.69, 9.17) is 18.9 Å². The number of fused-ring (bicyclic) bond motifs is 7. The minimum absolute atomic E-state index is 0.152. The van der Waals surface area contributed by atoms with Crippen LogP contribution in [0.2, 0.25) is 0 Å². The molecule has 2 heterocycles. The Kier molecular flexibility index (Phi) is 8.20. The molecule has 4 fully saturated rings. The van der Waals surface area contributed by atoms with Crippen LogP contribution in [0.5, 0.6) is 0 Å². The number of carbonyl (C=O) groups is 4. The Balaban J connectivity index is 1.47. The Morgan fingerprint density at radius 3 is 2.43 bits per heavy atom. The van der Waals surface area contributed by atoms with Gasteiger partial charge in [-0.25, -0.2) is 9.59 Å². The van der Waals surface area contributed by atoms with Gasteiger partial charge in [0.25, 0.3) is 0 Å². The van der Waals surface area contributed by atoms with Gasteiger partial charge in [-0.3, -0.25) is 9.59 Å². The Morgan fingerprint density at radius 2 is 1.76 bits per heavy atom. The molecule has 0 aromatic carbocycles. The molecule has 0 aromatic rings. The van der Waals surface area contributed by atoms with Gasteiger partial charge in [-0.05, 0) is 87.0 Å². The molecule has 4 bridgehead atoms. The first-order valence-corrected chi connectivity index (χ1v) is 17.0. The summed E-state index contributed by atoms with van der Waals surface area (Å²) in [5.41, 5.74) is 2.00. The van der Waals surface area contributed by atoms with E-state index in [2.05, 4.69) is 27.4 Å². The molecule has 0 unspecified atom stereocenters. The van der Waals surface area contributed by atoms with E-state index >= 15 is 0 Å². The number of methoxy groups -OCH3 is 1. The van der Waals surface area contributed by atoms with Crippen molar-refractivity contribution in [2.45, 2.75) is 117 Å². The van der Waals surface area contributed by atoms with Gasteiger partial charge in [-0.15, -0.1) is 0 Å². The Hall–Kier alpha value is -3.16. The predicted octanol–water partition coefficient (Wildman–Crippen LogP) is 6.74. The van der Waals surface area contributed by atoms with Gasteiger partial charge >= 0.3 is 17.9 Å². The van der Waals surface area contributed by atoms with Crippen molar-refractivity contribution in [3.05, 3.63) is 46.8 Å². The highest BCUT2D eigenvalue weighted by Gasteiger charge is 2.67. The van der Waals surface area contributed by atoms with Gasteiger partial charge < -0.3 is 18.9 Å². The third-order valence-electron chi connectivity index (χ3n) is 12.3. The second kappa shape index (κ2) is 11.5. The van der Waals surface area contributed by atoms with E-state index in [1.807, 2.05) is 13.8 Å². The van der Waals surface area contributed by atoms with Crippen molar-refractivity contribution in [3.63, 3.8) is 0 Å². The number of allylic oxidation sites excluding steroid dienone is 4. The number of ketones is 1. The molecule has 0 amide bonds. The summed E-state index contributed by atoms with van der Waals surface area (Å²) >= 11 is 0. The summed E-state index contributed by atoms with van der Waals surface area (Å²) in [5, 5.41) is 0. The first-order chi connectivity index (χ1) is 21.6. The van der Waals surface area contributed by atoms with Crippen LogP contribution in [0.3, 0.4) is 0 Å². The van der Waals surface area contributed by atoms with E-state index in [1.54, 1.807) is 12.2 Å². The van der Waals surface area contributed by atoms with Crippen LogP contribution in [-0.4, -0.2) is 48.6 Å². The lowest BCUT2D eigenvalue weighted by Crippen LogP contribution is -2.48. The number of carbonyl (C=O) groups excluding carboxylic acids is 4. The molecule has 0 radical (unpaired) electrons. The van der Waals surface area contributed by atoms with E-state index in [0.29, 0.717) is 47.5 Å². The monoisotopic (exact) mass is 634 g/mol. The Bertz CT molecular complexity index is 1460. The number of ether oxygens (including phenoxy) is 4. The summed E-state index contributed by atoms with van der Waals surface area (Å²) < 4.78 is 23.9. The maximum Gasteiger partial charge on any atom is 0.338 e. The van der Waals surface area contributed by atoms with Gasteiger partial charge in [-0.2, -0.15) is 0 Å². The van der Waals surface area contributed by atoms with E-state index in [1.165, 1.54) is 26.9 Å². The van der Waals surface area contributed by atoms with Gasteiger partial charge in [0.1, 0.15) is 17.5 Å². The smallest absolute Gasteiger partial charge is 0.338 e. The van der Waals surface area contributed by atoms with Crippen LogP contribution in [0.25, 0.3) is 0 Å². The van der Waals surface area contributed by atoms with Gasteiger partial charge in [0, 0.05) is 32.1 Å². The first kappa shape index (κ1) is 32.8. The minimum Gasteiger partial charge on any atom is -0.491 e. The van der Waals surface area contributed by atoms with Crippen LogP contribution in [0.1, 0.15) is 99.3 Å². The second-order valence-electron chi connectivity index (χ2n) is 16.2. The highest BCUT2D eigenvalue weighted by Crippen LogP contribution is 2.72. The lowest BCUT2D eigenvalue weighted by Gasteiger charge is -2.47. The topological polar surface area (TPSA) is 105 Å². The van der Waals surface area contributed by atoms with Crippen LogP contribution in [0.15, 0.2) is 46.8 Å². The number of esters is 3. The van der Waals surface area contributed by atoms with Crippen molar-refractivity contribution in [3.8, 4) is 0 Å². The van der Waals surface area contributed by atoms with Crippen LogP contribution >= 0.6 is 0 Å². The van der Waals surface area contributed by atoms with Crippen LogP contribution in [-0.2, 0) is 38.1 Å². The van der Waals surface area contributed by atoms with E-state index < -0.39 is 41.6 Å². The van der Waals surface area contributed by atoms with Crippen LogP contribution in [0, 0.1) is 40.4 Å². The average molecular weight is 635 g/mol. The lowest BCUT2D eigenvalue weighted by atomic mass is 9.67. The van der Waals surface area contributed by atoms with Crippen LogP contribution in [0.4, 0.5) is 0 Å². The fourth-order valence-corrected chi connectivity index (χ4v) is 9.89. The van der Waals surface area contributed by atoms with E-state index in [-0.39, 0.29) is 35.0 Å². The standard InChI is InChI=1S/C38H50O8/c1-20(2)23-9-10-25-33(44-22(4)39)31(45-34(25)41)14-21(3)13-29(40)26-18-38(46-30(15-23)32(26)35(42)43-8)12-11-27-28(38)19-36(5,6)16-24-17-37(24,27)7/h10,13,23-24,26-28,31,33H,1,9,11-12,14-19H2,2-8H3/b21-13+,25-10+/t23-,24+,26-,27-,28+,31+,33-,37-,38+/m1/s1. The Morgan fingerprint density at radius 1 is 1.02 bits per heavy atom. The predicted molar refractivity (Wildman–Crippen MR) is 171 cm³/mol. The molecule has 3 saturated carbocycles. The summed E-state index contributed by atoms with van der Waals surface area (Å²) in [5.74, 6) is -0.704. The molecule has 8 heteroatoms. The fourth-order valence-electron chi connectivity index (χ4n) is 9.89. The van der Waals surface area contributed by atoms with Crippen molar-refractivity contribution in [2.24, 2.45) is 40.4 Å². The summed E-state index contributed by atoms with van der Waals surface area (Å²) in [6.45, 7) is 16.5. The fraction of sp³-hybridized carbons (Fsp3) is 0.684. The maximum absolute atomic E-state index is 14.4. The molecular formula is C38H50O8. The maximum atomic E-state index is 14.4. The summed E-state index contributed by atoms with van der Waals surface area (Å²) in [7, 11) is 1.35. The van der Waals surface area contributed by atoms with Gasteiger partial charge in [0.15, 0.2) is 11.9 Å². The van der Waals surface area contributed by atoms with Crippen molar-refractivity contribution in [2.75, 3.05) is 7.11 Å². The molecule has 8 nitrogen and oxygen atoms in total. The molecule has 0 N–H and O–H groups in total. The molecule has 6 rings (SSSR count). The molecule has 9 atom stereocenters. The third-order valence-corrected chi connectivity index (χ3v) is 12.3. The quantitative estimate of drug-likeness (QED) is 0.191. The third kappa shape index (κ3) is 5.68. The molecule has 4 aliphatic carbocycles. The van der Waals surface area contributed by atoms with Gasteiger partial charge in [-0.1, -0.05) is 44.6 Å². The zero-order valence-electron chi connectivity index (χ0n) is 28.5. The molecule has 1 spiro atoms. The number of hydrogen-bond acceptors (Lipinski definition) is 8. The van der Waals surface area contributed by atoms with Crippen LogP contribution < -0.4 is 0 Å². The van der Waals surface area contributed by atoms with Crippen molar-refractivity contribution < 1.29 is 38.1 Å². The molecule has 1 saturated heterocycles. The van der Waals surface area contributed by atoms with Gasteiger partial charge in [0.05, 0.1) is 24.2 Å². The molecule has 2 aliphatic heterocycles. The second-order valence-corrected chi connectivity index (χ2v) is 16.2.